The Morgan fingerprint density at radius 3 is 2.23 bits per heavy atom. The van der Waals surface area contributed by atoms with Gasteiger partial charge in [0.1, 0.15) is 0 Å². The highest BCUT2D eigenvalue weighted by Crippen LogP contribution is 2.04. The zero-order chi connectivity index (χ0) is 10.1. The van der Waals surface area contributed by atoms with Crippen molar-refractivity contribution in [3.63, 3.8) is 0 Å². The Kier molecular flexibility index (Phi) is 9.00. The van der Waals surface area contributed by atoms with Crippen molar-refractivity contribution in [3.05, 3.63) is 0 Å². The molecule has 0 N–H and O–H groups in total. The fourth-order valence-electron chi connectivity index (χ4n) is 1.48. The standard InChI is InChI=1S/C11H24ClN/c1-4-5-6-7-9-13(10-8-12)11(2)3/h11H,4-10H2,1-3H3. The van der Waals surface area contributed by atoms with E-state index in [-0.39, 0.29) is 0 Å². The molecular formula is C11H24ClN. The van der Waals surface area contributed by atoms with Crippen molar-refractivity contribution in [2.75, 3.05) is 19.0 Å². The zero-order valence-corrected chi connectivity index (χ0v) is 10.1. The number of hydrogen-bond donors (Lipinski definition) is 0. The summed E-state index contributed by atoms with van der Waals surface area (Å²) in [6.45, 7) is 8.98. The second kappa shape index (κ2) is 8.83. The minimum absolute atomic E-state index is 0.639. The molecule has 2 heteroatoms. The van der Waals surface area contributed by atoms with Gasteiger partial charge in [0.05, 0.1) is 0 Å². The van der Waals surface area contributed by atoms with Gasteiger partial charge in [0.25, 0.3) is 0 Å². The molecule has 1 nitrogen and oxygen atoms in total. The van der Waals surface area contributed by atoms with E-state index < -0.39 is 0 Å². The largest absolute Gasteiger partial charge is 0.300 e. The van der Waals surface area contributed by atoms with Crippen LogP contribution in [0.3, 0.4) is 0 Å². The van der Waals surface area contributed by atoms with E-state index in [1.807, 2.05) is 0 Å². The van der Waals surface area contributed by atoms with E-state index in [9.17, 15) is 0 Å². The minimum atomic E-state index is 0.639. The van der Waals surface area contributed by atoms with Crippen LogP contribution in [-0.4, -0.2) is 29.9 Å². The Morgan fingerprint density at radius 1 is 1.08 bits per heavy atom. The molecule has 0 saturated heterocycles. The van der Waals surface area contributed by atoms with E-state index in [1.165, 1.54) is 32.2 Å². The molecule has 0 aliphatic heterocycles. The molecule has 0 aromatic rings. The summed E-state index contributed by atoms with van der Waals surface area (Å²) < 4.78 is 0. The number of alkyl halides is 1. The van der Waals surface area contributed by atoms with Gasteiger partial charge in [0.2, 0.25) is 0 Å². The van der Waals surface area contributed by atoms with Crippen LogP contribution in [0.15, 0.2) is 0 Å². The van der Waals surface area contributed by atoms with Crippen LogP contribution in [-0.2, 0) is 0 Å². The zero-order valence-electron chi connectivity index (χ0n) is 9.35. The van der Waals surface area contributed by atoms with Crippen LogP contribution in [0.1, 0.15) is 46.5 Å². The lowest BCUT2D eigenvalue weighted by molar-refractivity contribution is 0.230. The van der Waals surface area contributed by atoms with Crippen LogP contribution in [0.2, 0.25) is 0 Å². The first-order valence-corrected chi connectivity index (χ1v) is 6.05. The maximum Gasteiger partial charge on any atom is 0.0351 e. The average molecular weight is 206 g/mol. The molecule has 0 aliphatic rings. The van der Waals surface area contributed by atoms with Crippen molar-refractivity contribution in [1.82, 2.24) is 4.90 Å². The number of nitrogens with zero attached hydrogens (tertiary/aromatic N) is 1. The lowest BCUT2D eigenvalue weighted by Crippen LogP contribution is -2.33. The summed E-state index contributed by atoms with van der Waals surface area (Å²) >= 11 is 5.74. The first-order chi connectivity index (χ1) is 6.22. The van der Waals surface area contributed by atoms with Gasteiger partial charge in [-0.25, -0.2) is 0 Å². The Morgan fingerprint density at radius 2 is 1.77 bits per heavy atom. The molecule has 13 heavy (non-hydrogen) atoms. The quantitative estimate of drug-likeness (QED) is 0.433. The predicted molar refractivity (Wildman–Crippen MR) is 61.6 cm³/mol. The maximum absolute atomic E-state index is 5.74. The van der Waals surface area contributed by atoms with Gasteiger partial charge in [-0.15, -0.1) is 11.6 Å². The Hall–Kier alpha value is 0.250. The van der Waals surface area contributed by atoms with E-state index in [2.05, 4.69) is 25.7 Å². The molecule has 0 aliphatic carbocycles. The van der Waals surface area contributed by atoms with Crippen LogP contribution in [0.4, 0.5) is 0 Å². The van der Waals surface area contributed by atoms with E-state index >= 15 is 0 Å². The average Bonchev–Trinajstić information content (AvgIpc) is 2.10. The van der Waals surface area contributed by atoms with Crippen molar-refractivity contribution >= 4 is 11.6 Å². The highest BCUT2D eigenvalue weighted by atomic mass is 35.5. The van der Waals surface area contributed by atoms with Crippen molar-refractivity contribution in [3.8, 4) is 0 Å². The second-order valence-electron chi connectivity index (χ2n) is 3.88. The molecule has 0 atom stereocenters. The minimum Gasteiger partial charge on any atom is -0.300 e. The van der Waals surface area contributed by atoms with E-state index in [0.717, 1.165) is 12.4 Å². The first-order valence-electron chi connectivity index (χ1n) is 5.52. The first kappa shape index (κ1) is 13.2. The normalized spacial score (nSPS) is 11.5. The van der Waals surface area contributed by atoms with Crippen LogP contribution >= 0.6 is 11.6 Å². The fraction of sp³-hybridized carbons (Fsp3) is 1.00. The third kappa shape index (κ3) is 7.33. The fourth-order valence-corrected chi connectivity index (χ4v) is 1.70. The molecular weight excluding hydrogens is 182 g/mol. The summed E-state index contributed by atoms with van der Waals surface area (Å²) in [7, 11) is 0. The Bertz CT molecular complexity index is 104. The highest BCUT2D eigenvalue weighted by Gasteiger charge is 2.06. The second-order valence-corrected chi connectivity index (χ2v) is 4.26. The highest BCUT2D eigenvalue weighted by molar-refractivity contribution is 6.18. The van der Waals surface area contributed by atoms with Crippen LogP contribution in [0.5, 0.6) is 0 Å². The molecule has 0 saturated carbocycles. The maximum atomic E-state index is 5.74. The van der Waals surface area contributed by atoms with Crippen LogP contribution in [0, 0.1) is 0 Å². The van der Waals surface area contributed by atoms with Gasteiger partial charge in [-0.3, -0.25) is 4.90 Å². The smallest absolute Gasteiger partial charge is 0.0351 e. The monoisotopic (exact) mass is 205 g/mol. The summed E-state index contributed by atoms with van der Waals surface area (Å²) in [5.74, 6) is 0.756. The molecule has 0 aromatic carbocycles. The van der Waals surface area contributed by atoms with Crippen molar-refractivity contribution in [2.45, 2.75) is 52.5 Å². The molecule has 0 fully saturated rings. The lowest BCUT2D eigenvalue weighted by atomic mass is 10.2. The third-order valence-corrected chi connectivity index (χ3v) is 2.57. The van der Waals surface area contributed by atoms with Crippen LogP contribution in [0.25, 0.3) is 0 Å². The number of hydrogen-bond acceptors (Lipinski definition) is 1. The lowest BCUT2D eigenvalue weighted by Gasteiger charge is -2.25. The number of rotatable bonds is 8. The van der Waals surface area contributed by atoms with Crippen molar-refractivity contribution < 1.29 is 0 Å². The number of unbranched alkanes of at least 4 members (excludes halogenated alkanes) is 3. The summed E-state index contributed by atoms with van der Waals surface area (Å²) in [5, 5.41) is 0. The summed E-state index contributed by atoms with van der Waals surface area (Å²) in [4.78, 5) is 2.46. The molecule has 0 spiro atoms. The van der Waals surface area contributed by atoms with Gasteiger partial charge < -0.3 is 0 Å². The SMILES string of the molecule is CCCCCCN(CCCl)C(C)C. The Balaban J connectivity index is 3.45. The van der Waals surface area contributed by atoms with E-state index in [0.29, 0.717) is 6.04 Å². The number of halogens is 1. The molecule has 0 rings (SSSR count). The topological polar surface area (TPSA) is 3.24 Å². The molecule has 0 unspecified atom stereocenters. The van der Waals surface area contributed by atoms with Gasteiger partial charge in [0, 0.05) is 18.5 Å². The molecule has 0 radical (unpaired) electrons. The third-order valence-electron chi connectivity index (χ3n) is 2.40. The van der Waals surface area contributed by atoms with Crippen LogP contribution < -0.4 is 0 Å². The molecule has 0 heterocycles. The van der Waals surface area contributed by atoms with Crippen molar-refractivity contribution in [2.24, 2.45) is 0 Å². The molecule has 0 aromatic heterocycles. The molecule has 0 amide bonds. The summed E-state index contributed by atoms with van der Waals surface area (Å²) in [5.41, 5.74) is 0. The van der Waals surface area contributed by atoms with Gasteiger partial charge in [-0.2, -0.15) is 0 Å². The summed E-state index contributed by atoms with van der Waals surface area (Å²) in [6.07, 6.45) is 5.37. The van der Waals surface area contributed by atoms with Gasteiger partial charge >= 0.3 is 0 Å². The van der Waals surface area contributed by atoms with Crippen molar-refractivity contribution in [1.29, 1.82) is 0 Å². The summed E-state index contributed by atoms with van der Waals surface area (Å²) in [6, 6.07) is 0.639. The van der Waals surface area contributed by atoms with Gasteiger partial charge in [0.15, 0.2) is 0 Å². The van der Waals surface area contributed by atoms with E-state index in [4.69, 9.17) is 11.6 Å². The van der Waals surface area contributed by atoms with E-state index in [1.54, 1.807) is 0 Å². The predicted octanol–water partition coefficient (Wildman–Crippen LogP) is 3.52. The van der Waals surface area contributed by atoms with Gasteiger partial charge in [-0.05, 0) is 26.8 Å². The Labute approximate surface area is 88.5 Å². The molecule has 0 bridgehead atoms. The van der Waals surface area contributed by atoms with Gasteiger partial charge in [-0.1, -0.05) is 26.2 Å². The molecule has 80 valence electrons.